The Bertz CT molecular complexity index is 915. The van der Waals surface area contributed by atoms with Gasteiger partial charge >= 0.3 is 6.09 Å². The lowest BCUT2D eigenvalue weighted by Crippen LogP contribution is -2.44. The summed E-state index contributed by atoms with van der Waals surface area (Å²) in [5.41, 5.74) is 0.948. The van der Waals surface area contributed by atoms with Gasteiger partial charge in [0.25, 0.3) is 0 Å². The number of pyridine rings is 1. The molecule has 7 nitrogen and oxygen atoms in total. The zero-order chi connectivity index (χ0) is 20.3. The minimum Gasteiger partial charge on any atom is -0.444 e. The summed E-state index contributed by atoms with van der Waals surface area (Å²) in [6, 6.07) is 5.90. The number of hydrogen-bond donors (Lipinski definition) is 1. The first kappa shape index (κ1) is 18.8. The lowest BCUT2D eigenvalue weighted by Gasteiger charge is -2.28. The van der Waals surface area contributed by atoms with Crippen molar-refractivity contribution in [3.63, 3.8) is 0 Å². The van der Waals surface area contributed by atoms with Crippen LogP contribution in [0.2, 0.25) is 0 Å². The molecule has 1 saturated carbocycles. The van der Waals surface area contributed by atoms with E-state index in [-0.39, 0.29) is 29.8 Å². The van der Waals surface area contributed by atoms with E-state index in [0.717, 1.165) is 11.1 Å². The Morgan fingerprint density at radius 2 is 1.82 bits per heavy atom. The minimum atomic E-state index is -0.526. The van der Waals surface area contributed by atoms with Crippen LogP contribution in [0.15, 0.2) is 30.6 Å². The van der Waals surface area contributed by atoms with Crippen molar-refractivity contribution in [1.82, 2.24) is 19.8 Å². The predicted octanol–water partition coefficient (Wildman–Crippen LogP) is 2.80. The van der Waals surface area contributed by atoms with Crippen LogP contribution in [0.4, 0.5) is 4.79 Å². The van der Waals surface area contributed by atoms with Crippen molar-refractivity contribution < 1.29 is 14.3 Å². The van der Waals surface area contributed by atoms with Crippen molar-refractivity contribution in [3.05, 3.63) is 36.2 Å². The molecule has 1 saturated heterocycles. The number of likely N-dealkylation sites (tertiary alicyclic amines) is 1. The molecule has 7 heteroatoms. The maximum atomic E-state index is 12.9. The second kappa shape index (κ2) is 6.22. The van der Waals surface area contributed by atoms with Crippen LogP contribution >= 0.6 is 0 Å². The molecule has 0 aromatic carbocycles. The second-order valence-electron chi connectivity index (χ2n) is 9.44. The fraction of sp³-hybridized carbons (Fsp3) is 0.571. The van der Waals surface area contributed by atoms with E-state index in [9.17, 15) is 9.59 Å². The number of carbonyl (C=O) groups is 2. The highest BCUT2D eigenvalue weighted by Gasteiger charge is 2.61. The van der Waals surface area contributed by atoms with E-state index in [1.807, 2.05) is 69.7 Å². The quantitative estimate of drug-likeness (QED) is 0.883. The van der Waals surface area contributed by atoms with Gasteiger partial charge in [0.2, 0.25) is 5.91 Å². The third kappa shape index (κ3) is 3.34. The van der Waals surface area contributed by atoms with E-state index in [1.165, 1.54) is 0 Å². The van der Waals surface area contributed by atoms with Gasteiger partial charge in [-0.15, -0.1) is 0 Å². The summed E-state index contributed by atoms with van der Waals surface area (Å²) in [6.45, 7) is 10.8. The number of hydrogen-bond acceptors (Lipinski definition) is 4. The molecule has 1 N–H and O–H groups in total. The van der Waals surface area contributed by atoms with Gasteiger partial charge in [-0.1, -0.05) is 6.07 Å². The summed E-state index contributed by atoms with van der Waals surface area (Å²) in [7, 11) is 0. The van der Waals surface area contributed by atoms with E-state index in [0.29, 0.717) is 13.1 Å². The molecule has 150 valence electrons. The standard InChI is InChI=1S/C21H28N4O3/c1-20(2,3)28-19(27)24-11-13-14(12-24)17(13)18(26)23-21(4,5)15-10-22-25-9-7-6-8-16(15)25/h6-10,13-14,17H,11-12H2,1-5H3,(H,23,26)/t13-,14?,17?/m1/s1. The highest BCUT2D eigenvalue weighted by molar-refractivity contribution is 5.84. The number of ether oxygens (including phenoxy) is 1. The van der Waals surface area contributed by atoms with Crippen LogP contribution in [0.25, 0.3) is 5.52 Å². The van der Waals surface area contributed by atoms with Crippen LogP contribution in [0, 0.1) is 17.8 Å². The highest BCUT2D eigenvalue weighted by Crippen LogP contribution is 2.52. The van der Waals surface area contributed by atoms with Crippen LogP contribution in [0.5, 0.6) is 0 Å². The molecule has 2 amide bonds. The Kier molecular flexibility index (Phi) is 4.17. The normalized spacial score (nSPS) is 24.2. The molecule has 3 atom stereocenters. The molecule has 2 aromatic heterocycles. The first-order valence-electron chi connectivity index (χ1n) is 9.80. The second-order valence-corrected chi connectivity index (χ2v) is 9.44. The molecule has 0 radical (unpaired) electrons. The average Bonchev–Trinajstić information content (AvgIpc) is 2.96. The van der Waals surface area contributed by atoms with Crippen molar-refractivity contribution in [2.45, 2.75) is 45.8 Å². The molecule has 2 aliphatic rings. The molecule has 4 rings (SSSR count). The maximum Gasteiger partial charge on any atom is 0.410 e. The van der Waals surface area contributed by atoms with Crippen molar-refractivity contribution in [2.24, 2.45) is 17.8 Å². The molecule has 3 heterocycles. The van der Waals surface area contributed by atoms with Gasteiger partial charge in [-0.3, -0.25) is 4.79 Å². The van der Waals surface area contributed by atoms with Gasteiger partial charge in [0, 0.05) is 30.8 Å². The molecular formula is C21H28N4O3. The van der Waals surface area contributed by atoms with Gasteiger partial charge in [-0.25, -0.2) is 9.31 Å². The van der Waals surface area contributed by atoms with Gasteiger partial charge in [0.05, 0.1) is 17.3 Å². The van der Waals surface area contributed by atoms with E-state index < -0.39 is 11.1 Å². The summed E-state index contributed by atoms with van der Waals surface area (Å²) in [5, 5.41) is 7.57. The number of carbonyl (C=O) groups excluding carboxylic acids is 2. The van der Waals surface area contributed by atoms with E-state index in [4.69, 9.17) is 4.74 Å². The molecule has 2 unspecified atom stereocenters. The van der Waals surface area contributed by atoms with Crippen molar-refractivity contribution in [1.29, 1.82) is 0 Å². The Labute approximate surface area is 165 Å². The van der Waals surface area contributed by atoms with Gasteiger partial charge in [0.15, 0.2) is 0 Å². The fourth-order valence-electron chi connectivity index (χ4n) is 4.27. The third-order valence-corrected chi connectivity index (χ3v) is 5.68. The lowest BCUT2D eigenvalue weighted by atomic mass is 9.95. The largest absolute Gasteiger partial charge is 0.444 e. The zero-order valence-corrected chi connectivity index (χ0v) is 17.1. The summed E-state index contributed by atoms with van der Waals surface area (Å²) < 4.78 is 7.25. The first-order chi connectivity index (χ1) is 13.1. The lowest BCUT2D eigenvalue weighted by molar-refractivity contribution is -0.125. The van der Waals surface area contributed by atoms with Crippen LogP contribution in [-0.4, -0.2) is 45.2 Å². The SMILES string of the molecule is CC(C)(C)OC(=O)N1CC2C(C(=O)NC(C)(C)c3cnn4ccccc34)[C@@H]2C1. The maximum absolute atomic E-state index is 12.9. The van der Waals surface area contributed by atoms with Gasteiger partial charge in [-0.2, -0.15) is 5.10 Å². The summed E-state index contributed by atoms with van der Waals surface area (Å²) in [4.78, 5) is 26.8. The number of piperidine rings is 1. The molecule has 0 spiro atoms. The van der Waals surface area contributed by atoms with Crippen LogP contribution in [-0.2, 0) is 15.1 Å². The fourth-order valence-corrected chi connectivity index (χ4v) is 4.27. The van der Waals surface area contributed by atoms with Crippen LogP contribution in [0.1, 0.15) is 40.2 Å². The van der Waals surface area contributed by atoms with Crippen LogP contribution in [0.3, 0.4) is 0 Å². The molecule has 1 aliphatic heterocycles. The summed E-state index contributed by atoms with van der Waals surface area (Å²) >= 11 is 0. The Balaban J connectivity index is 1.38. The number of aromatic nitrogens is 2. The Morgan fingerprint density at radius 3 is 2.46 bits per heavy atom. The number of nitrogens with one attached hydrogen (secondary N) is 1. The van der Waals surface area contributed by atoms with E-state index in [2.05, 4.69) is 10.4 Å². The van der Waals surface area contributed by atoms with Gasteiger partial charge in [0.1, 0.15) is 5.60 Å². The first-order valence-corrected chi connectivity index (χ1v) is 9.80. The topological polar surface area (TPSA) is 75.9 Å². The number of amides is 2. The average molecular weight is 384 g/mol. The molecule has 0 bridgehead atoms. The molecule has 2 fully saturated rings. The third-order valence-electron chi connectivity index (χ3n) is 5.68. The summed E-state index contributed by atoms with van der Waals surface area (Å²) in [6.07, 6.45) is 3.42. The molecular weight excluding hydrogens is 356 g/mol. The number of rotatable bonds is 3. The number of fused-ring (bicyclic) bond motifs is 2. The zero-order valence-electron chi connectivity index (χ0n) is 17.1. The molecule has 28 heavy (non-hydrogen) atoms. The number of nitrogens with zero attached hydrogens (tertiary/aromatic N) is 3. The highest BCUT2D eigenvalue weighted by atomic mass is 16.6. The van der Waals surface area contributed by atoms with Crippen molar-refractivity contribution in [2.75, 3.05) is 13.1 Å². The molecule has 1 aliphatic carbocycles. The predicted molar refractivity (Wildman–Crippen MR) is 105 cm³/mol. The van der Waals surface area contributed by atoms with E-state index in [1.54, 1.807) is 4.90 Å². The van der Waals surface area contributed by atoms with Gasteiger partial charge < -0.3 is 15.0 Å². The monoisotopic (exact) mass is 384 g/mol. The Hall–Kier alpha value is -2.57. The van der Waals surface area contributed by atoms with Gasteiger partial charge in [-0.05, 0) is 58.6 Å². The van der Waals surface area contributed by atoms with Crippen LogP contribution < -0.4 is 5.32 Å². The minimum absolute atomic E-state index is 0.0280. The van der Waals surface area contributed by atoms with Crippen molar-refractivity contribution >= 4 is 17.5 Å². The summed E-state index contributed by atoms with van der Waals surface area (Å²) in [5.74, 6) is 0.485. The van der Waals surface area contributed by atoms with E-state index >= 15 is 0 Å². The van der Waals surface area contributed by atoms with Crippen molar-refractivity contribution in [3.8, 4) is 0 Å². The Morgan fingerprint density at radius 1 is 1.14 bits per heavy atom. The smallest absolute Gasteiger partial charge is 0.410 e. The molecule has 2 aromatic rings.